The molecule has 0 bridgehead atoms. The van der Waals surface area contributed by atoms with E-state index in [1.165, 1.54) is 4.90 Å². The molecule has 0 aliphatic carbocycles. The molecule has 4 rings (SSSR count). The van der Waals surface area contributed by atoms with Gasteiger partial charge in [-0.15, -0.1) is 0 Å². The maximum atomic E-state index is 13.1. The summed E-state index contributed by atoms with van der Waals surface area (Å²) in [6.07, 6.45) is 0. The molecule has 0 saturated carbocycles. The molecule has 8 nitrogen and oxygen atoms in total. The van der Waals surface area contributed by atoms with E-state index in [-0.39, 0.29) is 12.5 Å². The number of hydrogen-bond donors (Lipinski definition) is 3. The van der Waals surface area contributed by atoms with E-state index in [0.29, 0.717) is 5.56 Å². The van der Waals surface area contributed by atoms with Crippen molar-refractivity contribution in [3.63, 3.8) is 0 Å². The summed E-state index contributed by atoms with van der Waals surface area (Å²) in [7, 11) is 2.11. The van der Waals surface area contributed by atoms with E-state index in [9.17, 15) is 14.4 Å². The second-order valence-electron chi connectivity index (χ2n) is 7.99. The van der Waals surface area contributed by atoms with Crippen LogP contribution in [0.1, 0.15) is 12.5 Å². The second kappa shape index (κ2) is 7.46. The summed E-state index contributed by atoms with van der Waals surface area (Å²) in [5, 5.41) is 6.65. The van der Waals surface area contributed by atoms with Crippen LogP contribution in [0.4, 0.5) is 4.79 Å². The molecule has 1 atom stereocenters. The Labute approximate surface area is 169 Å². The number of nitrogens with one attached hydrogen (secondary N) is 3. The first-order chi connectivity index (χ1) is 13.9. The number of hydrogen-bond acceptors (Lipinski definition) is 4. The fourth-order valence-corrected chi connectivity index (χ4v) is 3.89. The fraction of sp³-hybridized carbons (Fsp3) is 0.381. The van der Waals surface area contributed by atoms with Crippen LogP contribution in [-0.2, 0) is 15.1 Å². The fourth-order valence-electron chi connectivity index (χ4n) is 3.89. The number of piperazine rings is 1. The number of benzene rings is 2. The Bertz CT molecular complexity index is 970. The number of carbonyl (C=O) groups excluding carboxylic acids is 3. The van der Waals surface area contributed by atoms with E-state index in [1.807, 2.05) is 47.5 Å². The molecule has 0 unspecified atom stereocenters. The Morgan fingerprint density at radius 2 is 1.83 bits per heavy atom. The van der Waals surface area contributed by atoms with Gasteiger partial charge in [0, 0.05) is 0 Å². The van der Waals surface area contributed by atoms with Crippen molar-refractivity contribution in [1.29, 1.82) is 0 Å². The first kappa shape index (κ1) is 19.4. The summed E-state index contributed by atoms with van der Waals surface area (Å²) in [6.45, 7) is 4.73. The van der Waals surface area contributed by atoms with Crippen LogP contribution in [0.2, 0.25) is 0 Å². The first-order valence-corrected chi connectivity index (χ1v) is 9.86. The summed E-state index contributed by atoms with van der Waals surface area (Å²) in [5.41, 5.74) is 2.30. The van der Waals surface area contributed by atoms with Gasteiger partial charge in [0.25, 0.3) is 11.8 Å². The smallest absolute Gasteiger partial charge is 0.325 e. The van der Waals surface area contributed by atoms with Gasteiger partial charge in [-0.25, -0.2) is 9.80 Å². The topological polar surface area (TPSA) is 86.2 Å². The molecule has 2 aliphatic heterocycles. The van der Waals surface area contributed by atoms with Crippen LogP contribution < -0.4 is 15.6 Å². The molecule has 29 heavy (non-hydrogen) atoms. The van der Waals surface area contributed by atoms with E-state index in [2.05, 4.69) is 17.8 Å². The molecule has 2 aliphatic rings. The molecule has 2 aromatic carbocycles. The normalized spacial score (nSPS) is 23.4. The van der Waals surface area contributed by atoms with Gasteiger partial charge < -0.3 is 10.2 Å². The SMILES string of the molecule is C[NH+]1CCN(NC(=O)CN2C(=O)N[C@](C)(c3ccc4ccccc4c3)C2=O)CC1. The third-order valence-electron chi connectivity index (χ3n) is 5.80. The van der Waals surface area contributed by atoms with Crippen molar-refractivity contribution < 1.29 is 19.3 Å². The summed E-state index contributed by atoms with van der Waals surface area (Å²) < 4.78 is 0. The van der Waals surface area contributed by atoms with E-state index in [1.54, 1.807) is 6.92 Å². The average molecular weight is 396 g/mol. The highest BCUT2D eigenvalue weighted by molar-refractivity contribution is 6.09. The van der Waals surface area contributed by atoms with Crippen LogP contribution in [0.15, 0.2) is 42.5 Å². The molecule has 0 spiro atoms. The minimum Gasteiger partial charge on any atom is -0.335 e. The molecule has 8 heteroatoms. The highest BCUT2D eigenvalue weighted by atomic mass is 16.2. The van der Waals surface area contributed by atoms with Gasteiger partial charge in [-0.1, -0.05) is 36.4 Å². The van der Waals surface area contributed by atoms with E-state index in [0.717, 1.165) is 41.9 Å². The maximum Gasteiger partial charge on any atom is 0.325 e. The standard InChI is InChI=1S/C21H25N5O3/c1-21(17-8-7-15-5-3-4-6-16(15)13-17)19(28)26(20(29)22-21)14-18(27)23-25-11-9-24(2)10-12-25/h3-8,13H,9-12,14H2,1-2H3,(H,22,29)(H,23,27)/p+1/t21-/m1/s1. The molecule has 0 aromatic heterocycles. The average Bonchev–Trinajstić information content (AvgIpc) is 2.93. The van der Waals surface area contributed by atoms with Crippen LogP contribution in [-0.4, -0.2) is 67.5 Å². The van der Waals surface area contributed by atoms with Crippen LogP contribution >= 0.6 is 0 Å². The number of fused-ring (bicyclic) bond motifs is 1. The zero-order valence-electron chi connectivity index (χ0n) is 16.7. The number of rotatable bonds is 4. The zero-order chi connectivity index (χ0) is 20.6. The van der Waals surface area contributed by atoms with Crippen LogP contribution in [0.5, 0.6) is 0 Å². The lowest BCUT2D eigenvalue weighted by atomic mass is 9.90. The van der Waals surface area contributed by atoms with Crippen molar-refractivity contribution >= 4 is 28.6 Å². The molecular weight excluding hydrogens is 370 g/mol. The molecule has 152 valence electrons. The van der Waals surface area contributed by atoms with E-state index >= 15 is 0 Å². The minimum absolute atomic E-state index is 0.299. The lowest BCUT2D eigenvalue weighted by molar-refractivity contribution is -0.884. The van der Waals surface area contributed by atoms with Crippen molar-refractivity contribution in [2.24, 2.45) is 0 Å². The number of amides is 4. The number of imide groups is 1. The number of urea groups is 1. The van der Waals surface area contributed by atoms with Crippen molar-refractivity contribution in [3.8, 4) is 0 Å². The number of likely N-dealkylation sites (N-methyl/N-ethyl adjacent to an activating group) is 1. The number of nitrogens with zero attached hydrogens (tertiary/aromatic N) is 2. The predicted octanol–water partition coefficient (Wildman–Crippen LogP) is -0.532. The van der Waals surface area contributed by atoms with Gasteiger partial charge in [-0.2, -0.15) is 0 Å². The molecule has 0 radical (unpaired) electrons. The Balaban J connectivity index is 1.48. The number of carbonyl (C=O) groups is 3. The Morgan fingerprint density at radius 3 is 2.55 bits per heavy atom. The molecule has 2 saturated heterocycles. The van der Waals surface area contributed by atoms with Crippen molar-refractivity contribution in [3.05, 3.63) is 48.0 Å². The summed E-state index contributed by atoms with van der Waals surface area (Å²) in [6, 6.07) is 13.0. The summed E-state index contributed by atoms with van der Waals surface area (Å²) >= 11 is 0. The highest BCUT2D eigenvalue weighted by Crippen LogP contribution is 2.30. The van der Waals surface area contributed by atoms with Gasteiger partial charge in [0.15, 0.2) is 0 Å². The monoisotopic (exact) mass is 396 g/mol. The Hall–Kier alpha value is -2.97. The van der Waals surface area contributed by atoms with Gasteiger partial charge in [0.1, 0.15) is 12.1 Å². The van der Waals surface area contributed by atoms with Crippen LogP contribution in [0.3, 0.4) is 0 Å². The van der Waals surface area contributed by atoms with Crippen molar-refractivity contribution in [2.45, 2.75) is 12.5 Å². The van der Waals surface area contributed by atoms with E-state index in [4.69, 9.17) is 0 Å². The van der Waals surface area contributed by atoms with Crippen LogP contribution in [0.25, 0.3) is 10.8 Å². The van der Waals surface area contributed by atoms with Gasteiger partial charge in [-0.05, 0) is 29.3 Å². The van der Waals surface area contributed by atoms with Crippen molar-refractivity contribution in [2.75, 3.05) is 39.8 Å². The third kappa shape index (κ3) is 3.68. The summed E-state index contributed by atoms with van der Waals surface area (Å²) in [4.78, 5) is 40.4. The third-order valence-corrected chi connectivity index (χ3v) is 5.80. The number of quaternary nitrogens is 1. The predicted molar refractivity (Wildman–Crippen MR) is 108 cm³/mol. The van der Waals surface area contributed by atoms with Crippen molar-refractivity contribution in [1.82, 2.24) is 20.7 Å². The Morgan fingerprint density at radius 1 is 1.14 bits per heavy atom. The summed E-state index contributed by atoms with van der Waals surface area (Å²) in [5.74, 6) is -0.786. The quantitative estimate of drug-likeness (QED) is 0.607. The molecule has 2 fully saturated rings. The molecule has 3 N–H and O–H groups in total. The molecular formula is C21H26N5O3+. The van der Waals surface area contributed by atoms with Gasteiger partial charge in [0.05, 0.1) is 33.2 Å². The molecule has 2 aromatic rings. The minimum atomic E-state index is -1.20. The van der Waals surface area contributed by atoms with Gasteiger partial charge in [-0.3, -0.25) is 19.9 Å². The maximum absolute atomic E-state index is 13.1. The second-order valence-corrected chi connectivity index (χ2v) is 7.99. The van der Waals surface area contributed by atoms with Gasteiger partial charge in [0.2, 0.25) is 0 Å². The van der Waals surface area contributed by atoms with E-state index < -0.39 is 17.5 Å². The lowest BCUT2D eigenvalue weighted by Gasteiger charge is -2.30. The number of hydrazine groups is 1. The van der Waals surface area contributed by atoms with Crippen LogP contribution in [0, 0.1) is 0 Å². The highest BCUT2D eigenvalue weighted by Gasteiger charge is 2.49. The molecule has 2 heterocycles. The van der Waals surface area contributed by atoms with Gasteiger partial charge >= 0.3 is 6.03 Å². The molecule has 4 amide bonds. The first-order valence-electron chi connectivity index (χ1n) is 9.86. The lowest BCUT2D eigenvalue weighted by Crippen LogP contribution is -3.12. The Kier molecular flexibility index (Phi) is 4.97. The zero-order valence-corrected chi connectivity index (χ0v) is 16.7. The largest absolute Gasteiger partial charge is 0.335 e.